The molecular weight excluding hydrogens is 316 g/mol. The number of rotatable bonds is 3. The summed E-state index contributed by atoms with van der Waals surface area (Å²) in [4.78, 5) is 3.75. The van der Waals surface area contributed by atoms with Gasteiger partial charge in [-0.25, -0.2) is 11.1 Å². The largest absolute Gasteiger partial charge is 0.311 e. The van der Waals surface area contributed by atoms with Gasteiger partial charge in [0, 0.05) is 19.9 Å². The molecule has 1 heterocycles. The number of fused-ring (bicyclic) bond motifs is 1. The first-order chi connectivity index (χ1) is 12.2. The molecule has 3 aromatic rings. The van der Waals surface area contributed by atoms with Gasteiger partial charge in [-0.1, -0.05) is 23.8 Å². The van der Waals surface area contributed by atoms with Crippen LogP contribution in [0.4, 0.5) is 0 Å². The van der Waals surface area contributed by atoms with Crippen LogP contribution in [0.25, 0.3) is 26.9 Å². The Hall–Kier alpha value is -2.66. The molecule has 0 spiro atoms. The third kappa shape index (κ3) is 3.35. The van der Waals surface area contributed by atoms with Crippen LogP contribution in [0.5, 0.6) is 0 Å². The molecule has 0 atom stereocenters. The molecule has 0 unspecified atom stereocenters. The number of aromatic nitrogens is 1. The first-order valence-corrected chi connectivity index (χ1v) is 9.10. The van der Waals surface area contributed by atoms with Crippen molar-refractivity contribution in [1.29, 1.82) is 0 Å². The van der Waals surface area contributed by atoms with Gasteiger partial charge in [0.2, 0.25) is 11.2 Å². The Balaban J connectivity index is 2.22. The van der Waals surface area contributed by atoms with Gasteiger partial charge in [-0.15, -0.1) is 0 Å². The maximum absolute atomic E-state index is 7.38. The first-order valence-electron chi connectivity index (χ1n) is 9.10. The summed E-state index contributed by atoms with van der Waals surface area (Å²) < 4.78 is 2.21. The van der Waals surface area contributed by atoms with Crippen molar-refractivity contribution in [3.8, 4) is 11.3 Å². The number of pyridine rings is 1. The summed E-state index contributed by atoms with van der Waals surface area (Å²) in [6.45, 7) is 17.9. The van der Waals surface area contributed by atoms with Crippen molar-refractivity contribution in [1.82, 2.24) is 0 Å². The van der Waals surface area contributed by atoms with Crippen molar-refractivity contribution in [3.05, 3.63) is 76.3 Å². The molecule has 0 N–H and O–H groups in total. The second-order valence-corrected chi connectivity index (χ2v) is 8.05. The third-order valence-electron chi connectivity index (χ3n) is 5.21. The van der Waals surface area contributed by atoms with E-state index in [1.807, 2.05) is 13.8 Å². The minimum atomic E-state index is -0.361. The molecule has 1 aromatic heterocycles. The lowest BCUT2D eigenvalue weighted by molar-refractivity contribution is -0.659. The van der Waals surface area contributed by atoms with Gasteiger partial charge in [-0.3, -0.25) is 0 Å². The third-order valence-corrected chi connectivity index (χ3v) is 5.21. The molecule has 2 aromatic carbocycles. The molecule has 0 amide bonds. The predicted molar refractivity (Wildman–Crippen MR) is 109 cm³/mol. The summed E-state index contributed by atoms with van der Waals surface area (Å²) in [6.07, 6.45) is 2.91. The second-order valence-electron chi connectivity index (χ2n) is 8.05. The predicted octanol–water partition coefficient (Wildman–Crippen LogP) is 5.50. The average Bonchev–Trinajstić information content (AvgIpc) is 2.58. The average molecular weight is 343 g/mol. The van der Waals surface area contributed by atoms with E-state index >= 15 is 0 Å². The van der Waals surface area contributed by atoms with Crippen molar-refractivity contribution >= 4 is 10.8 Å². The lowest BCUT2D eigenvalue weighted by Gasteiger charge is -2.14. The Morgan fingerprint density at radius 3 is 2.46 bits per heavy atom. The molecule has 3 rings (SSSR count). The quantitative estimate of drug-likeness (QED) is 0.438. The number of hydrogen-bond acceptors (Lipinski definition) is 0. The van der Waals surface area contributed by atoms with E-state index in [9.17, 15) is 0 Å². The van der Waals surface area contributed by atoms with Crippen LogP contribution in [0.15, 0.2) is 42.6 Å². The Morgan fingerprint density at radius 1 is 1.04 bits per heavy atom. The number of benzene rings is 2. The first kappa shape index (κ1) is 18.1. The lowest BCUT2D eigenvalue weighted by atomic mass is 9.92. The highest BCUT2D eigenvalue weighted by atomic mass is 14.9. The highest BCUT2D eigenvalue weighted by Gasteiger charge is 2.24. The maximum atomic E-state index is 7.38. The van der Waals surface area contributed by atoms with Gasteiger partial charge in [-0.05, 0) is 55.0 Å². The summed E-state index contributed by atoms with van der Waals surface area (Å²) in [7, 11) is 2.11. The zero-order chi connectivity index (χ0) is 19.1. The van der Waals surface area contributed by atoms with E-state index in [1.54, 1.807) is 0 Å². The zero-order valence-corrected chi connectivity index (χ0v) is 16.6. The van der Waals surface area contributed by atoms with E-state index < -0.39 is 0 Å². The minimum absolute atomic E-state index is 0.361. The van der Waals surface area contributed by atoms with E-state index in [0.29, 0.717) is 0 Å². The number of nitrogens with zero attached hydrogens (tertiary/aromatic N) is 2. The fourth-order valence-electron chi connectivity index (χ4n) is 3.69. The molecule has 0 radical (unpaired) electrons. The molecule has 2 heteroatoms. The topological polar surface area (TPSA) is 8.24 Å². The molecule has 0 aliphatic rings. The monoisotopic (exact) mass is 343 g/mol. The molecule has 0 saturated carbocycles. The van der Waals surface area contributed by atoms with Crippen LogP contribution < -0.4 is 4.57 Å². The fourth-order valence-corrected chi connectivity index (χ4v) is 3.69. The molecular formula is C24H27N2+. The second kappa shape index (κ2) is 6.57. The van der Waals surface area contributed by atoms with Gasteiger partial charge in [0.15, 0.2) is 6.20 Å². The van der Waals surface area contributed by atoms with E-state index in [0.717, 1.165) is 6.42 Å². The van der Waals surface area contributed by atoms with Crippen LogP contribution >= 0.6 is 0 Å². The highest BCUT2D eigenvalue weighted by molar-refractivity contribution is 5.94. The van der Waals surface area contributed by atoms with Crippen LogP contribution in [-0.2, 0) is 13.5 Å². The number of hydrogen-bond donors (Lipinski definition) is 0. The standard InChI is InChI=1S/C24H27N2/c1-16-12-17(2)18(3)22(13-16)23-21-9-8-19(15-24(4,5)25-6)14-20(21)10-11-26(23)7/h8-14H,15H2,1-5,7H3/q+1. The Bertz CT molecular complexity index is 1040. The van der Waals surface area contributed by atoms with Gasteiger partial charge in [0.1, 0.15) is 7.05 Å². The van der Waals surface area contributed by atoms with E-state index in [4.69, 9.17) is 6.57 Å². The van der Waals surface area contributed by atoms with Crippen LogP contribution in [0.1, 0.15) is 36.1 Å². The van der Waals surface area contributed by atoms with Crippen LogP contribution in [0.2, 0.25) is 0 Å². The van der Waals surface area contributed by atoms with Crippen LogP contribution in [-0.4, -0.2) is 5.54 Å². The molecule has 0 aliphatic heterocycles. The lowest BCUT2D eigenvalue weighted by Crippen LogP contribution is -2.31. The van der Waals surface area contributed by atoms with Crippen LogP contribution in [0, 0.1) is 27.3 Å². The van der Waals surface area contributed by atoms with Gasteiger partial charge in [0.05, 0.1) is 17.4 Å². The summed E-state index contributed by atoms with van der Waals surface area (Å²) in [5.74, 6) is 0. The van der Waals surface area contributed by atoms with Crippen molar-refractivity contribution in [2.45, 2.75) is 46.6 Å². The van der Waals surface area contributed by atoms with Crippen molar-refractivity contribution in [2.24, 2.45) is 7.05 Å². The minimum Gasteiger partial charge on any atom is -0.311 e. The highest BCUT2D eigenvalue weighted by Crippen LogP contribution is 2.31. The van der Waals surface area contributed by atoms with Crippen LogP contribution in [0.3, 0.4) is 0 Å². The summed E-state index contributed by atoms with van der Waals surface area (Å²) in [6, 6.07) is 13.3. The fraction of sp³-hybridized carbons (Fsp3) is 0.333. The molecule has 0 saturated heterocycles. The molecule has 26 heavy (non-hydrogen) atoms. The Labute approximate surface area is 156 Å². The maximum Gasteiger partial charge on any atom is 0.231 e. The SMILES string of the molecule is [C-]#[N+]C(C)(C)Cc1ccc2c(-c3cc(C)cc(C)c3C)[n+](C)ccc2c1. The summed E-state index contributed by atoms with van der Waals surface area (Å²) in [5.41, 5.74) is 7.35. The van der Waals surface area contributed by atoms with E-state index in [-0.39, 0.29) is 5.54 Å². The Morgan fingerprint density at radius 2 is 1.77 bits per heavy atom. The molecule has 2 nitrogen and oxygen atoms in total. The van der Waals surface area contributed by atoms with Gasteiger partial charge < -0.3 is 4.85 Å². The Kier molecular flexibility index (Phi) is 4.59. The molecule has 0 bridgehead atoms. The van der Waals surface area contributed by atoms with Gasteiger partial charge in [-0.2, -0.15) is 0 Å². The van der Waals surface area contributed by atoms with Crippen molar-refractivity contribution in [2.75, 3.05) is 0 Å². The molecule has 0 aliphatic carbocycles. The van der Waals surface area contributed by atoms with Gasteiger partial charge >= 0.3 is 0 Å². The molecule has 0 fully saturated rings. The van der Waals surface area contributed by atoms with E-state index in [2.05, 4.69) is 79.8 Å². The van der Waals surface area contributed by atoms with Crippen molar-refractivity contribution in [3.63, 3.8) is 0 Å². The zero-order valence-electron chi connectivity index (χ0n) is 16.6. The summed E-state index contributed by atoms with van der Waals surface area (Å²) in [5, 5.41) is 2.49. The smallest absolute Gasteiger partial charge is 0.231 e. The number of aryl methyl sites for hydroxylation is 3. The van der Waals surface area contributed by atoms with Gasteiger partial charge in [0.25, 0.3) is 0 Å². The summed E-state index contributed by atoms with van der Waals surface area (Å²) >= 11 is 0. The molecule has 132 valence electrons. The normalized spacial score (nSPS) is 11.6. The van der Waals surface area contributed by atoms with E-state index in [1.165, 1.54) is 44.3 Å². The van der Waals surface area contributed by atoms with Crippen molar-refractivity contribution < 1.29 is 4.57 Å².